The molecule has 3 aromatic heterocycles. The number of aromatic amines is 1. The Morgan fingerprint density at radius 1 is 0.889 bits per heavy atom. The largest absolute Gasteiger partial charge is 0.381 e. The average molecular weight is 480 g/mol. The van der Waals surface area contributed by atoms with E-state index >= 15 is 0 Å². The molecule has 5 aromatic rings. The van der Waals surface area contributed by atoms with Crippen molar-refractivity contribution in [2.45, 2.75) is 19.8 Å². The maximum Gasteiger partial charge on any atom is 0.161 e. The van der Waals surface area contributed by atoms with Gasteiger partial charge in [-0.1, -0.05) is 24.3 Å². The van der Waals surface area contributed by atoms with Gasteiger partial charge >= 0.3 is 0 Å². The maximum atomic E-state index is 13.4. The number of halogens is 1. The summed E-state index contributed by atoms with van der Waals surface area (Å²) in [5.41, 5.74) is 7.36. The van der Waals surface area contributed by atoms with Crippen molar-refractivity contribution in [3.63, 3.8) is 0 Å². The van der Waals surface area contributed by atoms with E-state index in [9.17, 15) is 4.39 Å². The van der Waals surface area contributed by atoms with Gasteiger partial charge in [0.1, 0.15) is 11.6 Å². The molecule has 9 heteroatoms. The van der Waals surface area contributed by atoms with Crippen LogP contribution < -0.4 is 10.6 Å². The molecule has 178 valence electrons. The first-order valence-electron chi connectivity index (χ1n) is 11.5. The number of ether oxygens (including phenoxy) is 1. The van der Waals surface area contributed by atoms with Gasteiger partial charge < -0.3 is 15.4 Å². The molecule has 0 bridgehead atoms. The molecule has 0 radical (unpaired) electrons. The number of benzene rings is 2. The van der Waals surface area contributed by atoms with Gasteiger partial charge in [-0.05, 0) is 41.5 Å². The van der Waals surface area contributed by atoms with Crippen molar-refractivity contribution >= 4 is 17.2 Å². The molecule has 6 rings (SSSR count). The predicted octanol–water partition coefficient (Wildman–Crippen LogP) is 5.45. The van der Waals surface area contributed by atoms with Crippen LogP contribution in [0.2, 0.25) is 0 Å². The van der Waals surface area contributed by atoms with Crippen LogP contribution in [-0.2, 0) is 24.5 Å². The molecular formula is C27H22FN7O. The van der Waals surface area contributed by atoms with Gasteiger partial charge in [-0.15, -0.1) is 0 Å². The minimum atomic E-state index is -0.354. The van der Waals surface area contributed by atoms with E-state index in [4.69, 9.17) is 14.7 Å². The molecule has 0 unspecified atom stereocenters. The molecule has 0 aliphatic carbocycles. The quantitative estimate of drug-likeness (QED) is 0.285. The molecule has 2 aromatic carbocycles. The second-order valence-electron chi connectivity index (χ2n) is 8.45. The van der Waals surface area contributed by atoms with Crippen molar-refractivity contribution in [2.75, 3.05) is 10.6 Å². The SMILES string of the molecule is Fc1cncc(CNc2cccc(-c3nc4c(c(Nc5ccc(-c6cn[nH]c6)cc5)n3)COC4)c2)c1. The van der Waals surface area contributed by atoms with Crippen LogP contribution in [0, 0.1) is 5.82 Å². The number of nitrogens with one attached hydrogen (secondary N) is 3. The molecule has 0 saturated carbocycles. The lowest BCUT2D eigenvalue weighted by Gasteiger charge is -2.13. The number of pyridine rings is 1. The number of fused-ring (bicyclic) bond motifs is 1. The highest BCUT2D eigenvalue weighted by molar-refractivity contribution is 5.70. The van der Waals surface area contributed by atoms with Gasteiger partial charge in [-0.3, -0.25) is 10.1 Å². The highest BCUT2D eigenvalue weighted by Crippen LogP contribution is 2.31. The van der Waals surface area contributed by atoms with E-state index in [-0.39, 0.29) is 5.82 Å². The van der Waals surface area contributed by atoms with Crippen LogP contribution in [0.25, 0.3) is 22.5 Å². The summed E-state index contributed by atoms with van der Waals surface area (Å²) in [6, 6.07) is 17.4. The van der Waals surface area contributed by atoms with Crippen LogP contribution in [0.1, 0.15) is 16.8 Å². The third-order valence-electron chi connectivity index (χ3n) is 5.94. The first kappa shape index (κ1) is 21.9. The molecule has 8 nitrogen and oxygen atoms in total. The predicted molar refractivity (Wildman–Crippen MR) is 135 cm³/mol. The molecule has 36 heavy (non-hydrogen) atoms. The third-order valence-corrected chi connectivity index (χ3v) is 5.94. The third kappa shape index (κ3) is 4.64. The van der Waals surface area contributed by atoms with E-state index in [1.807, 2.05) is 54.7 Å². The lowest BCUT2D eigenvalue weighted by molar-refractivity contribution is 0.133. The van der Waals surface area contributed by atoms with Gasteiger partial charge in [0, 0.05) is 47.0 Å². The molecular weight excluding hydrogens is 457 g/mol. The molecule has 4 heterocycles. The van der Waals surface area contributed by atoms with E-state index in [1.165, 1.54) is 12.3 Å². The van der Waals surface area contributed by atoms with E-state index in [1.54, 1.807) is 12.4 Å². The molecule has 1 aliphatic heterocycles. The molecule has 0 atom stereocenters. The van der Waals surface area contributed by atoms with Crippen molar-refractivity contribution in [3.05, 3.63) is 102 Å². The average Bonchev–Trinajstić information content (AvgIpc) is 3.61. The smallest absolute Gasteiger partial charge is 0.161 e. The van der Waals surface area contributed by atoms with E-state index in [0.717, 1.165) is 50.7 Å². The normalized spacial score (nSPS) is 12.4. The van der Waals surface area contributed by atoms with E-state index < -0.39 is 0 Å². The Bertz CT molecular complexity index is 1500. The summed E-state index contributed by atoms with van der Waals surface area (Å²) in [5.74, 6) is 0.980. The Labute approximate surface area is 206 Å². The minimum absolute atomic E-state index is 0.354. The minimum Gasteiger partial charge on any atom is -0.381 e. The second kappa shape index (κ2) is 9.55. The number of anilines is 3. The Hall–Kier alpha value is -4.63. The number of aromatic nitrogens is 5. The lowest BCUT2D eigenvalue weighted by Crippen LogP contribution is -2.04. The van der Waals surface area contributed by atoms with Gasteiger partial charge in [0.2, 0.25) is 0 Å². The summed E-state index contributed by atoms with van der Waals surface area (Å²) >= 11 is 0. The maximum absolute atomic E-state index is 13.4. The summed E-state index contributed by atoms with van der Waals surface area (Å²) in [6.07, 6.45) is 6.49. The first-order chi connectivity index (χ1) is 17.7. The summed E-state index contributed by atoms with van der Waals surface area (Å²) in [6.45, 7) is 1.37. The monoisotopic (exact) mass is 479 g/mol. The number of H-pyrrole nitrogens is 1. The summed E-state index contributed by atoms with van der Waals surface area (Å²) in [4.78, 5) is 13.5. The van der Waals surface area contributed by atoms with Gasteiger partial charge in [0.05, 0.1) is 31.3 Å². The molecule has 3 N–H and O–H groups in total. The first-order valence-corrected chi connectivity index (χ1v) is 11.5. The molecule has 0 fully saturated rings. The van der Waals surface area contributed by atoms with Crippen LogP contribution in [0.3, 0.4) is 0 Å². The van der Waals surface area contributed by atoms with Crippen molar-refractivity contribution in [2.24, 2.45) is 0 Å². The second-order valence-corrected chi connectivity index (χ2v) is 8.45. The fraction of sp³-hybridized carbons (Fsp3) is 0.111. The standard InChI is InChI=1S/C27H22FN7O/c28-21-8-17(10-29-14-21)11-30-23-3-1-2-19(9-23)26-34-25-16-36-15-24(25)27(35-26)33-22-6-4-18(5-7-22)20-12-31-32-13-20/h1-10,12-14,30H,11,15-16H2,(H,31,32)(H,33,34,35). The Morgan fingerprint density at radius 3 is 2.64 bits per heavy atom. The molecule has 0 saturated heterocycles. The zero-order valence-corrected chi connectivity index (χ0v) is 19.2. The van der Waals surface area contributed by atoms with Gasteiger partial charge in [0.25, 0.3) is 0 Å². The topological polar surface area (TPSA) is 101 Å². The molecule has 1 aliphatic rings. The Morgan fingerprint density at radius 2 is 1.81 bits per heavy atom. The highest BCUT2D eigenvalue weighted by atomic mass is 19.1. The van der Waals surface area contributed by atoms with E-state index in [2.05, 4.69) is 25.8 Å². The zero-order chi connectivity index (χ0) is 24.3. The Balaban J connectivity index is 1.25. The summed E-state index contributed by atoms with van der Waals surface area (Å²) in [7, 11) is 0. The van der Waals surface area contributed by atoms with E-state index in [0.29, 0.717) is 25.6 Å². The summed E-state index contributed by atoms with van der Waals surface area (Å²) in [5, 5.41) is 13.6. The molecule has 0 amide bonds. The van der Waals surface area contributed by atoms with Gasteiger partial charge in [-0.25, -0.2) is 14.4 Å². The summed E-state index contributed by atoms with van der Waals surface area (Å²) < 4.78 is 19.1. The number of hydrogen-bond donors (Lipinski definition) is 3. The van der Waals surface area contributed by atoms with Crippen LogP contribution in [-0.4, -0.2) is 25.1 Å². The number of nitrogens with zero attached hydrogens (tertiary/aromatic N) is 4. The zero-order valence-electron chi connectivity index (χ0n) is 19.2. The van der Waals surface area contributed by atoms with Crippen LogP contribution >= 0.6 is 0 Å². The molecule has 0 spiro atoms. The fourth-order valence-corrected chi connectivity index (χ4v) is 4.10. The van der Waals surface area contributed by atoms with Crippen molar-refractivity contribution in [1.82, 2.24) is 25.1 Å². The van der Waals surface area contributed by atoms with Crippen LogP contribution in [0.4, 0.5) is 21.6 Å². The number of rotatable bonds is 7. The lowest BCUT2D eigenvalue weighted by atomic mass is 10.1. The van der Waals surface area contributed by atoms with Crippen molar-refractivity contribution < 1.29 is 9.13 Å². The van der Waals surface area contributed by atoms with Gasteiger partial charge in [-0.2, -0.15) is 5.10 Å². The van der Waals surface area contributed by atoms with Crippen LogP contribution in [0.15, 0.2) is 79.4 Å². The number of hydrogen-bond acceptors (Lipinski definition) is 7. The van der Waals surface area contributed by atoms with Crippen molar-refractivity contribution in [3.8, 4) is 22.5 Å². The van der Waals surface area contributed by atoms with Gasteiger partial charge in [0.15, 0.2) is 5.82 Å². The van der Waals surface area contributed by atoms with Crippen LogP contribution in [0.5, 0.6) is 0 Å². The van der Waals surface area contributed by atoms with Crippen molar-refractivity contribution in [1.29, 1.82) is 0 Å². The fourth-order valence-electron chi connectivity index (χ4n) is 4.10. The highest BCUT2D eigenvalue weighted by Gasteiger charge is 2.21. The Kier molecular flexibility index (Phi) is 5.80.